The smallest absolute Gasteiger partial charge is 0.259 e. The van der Waals surface area contributed by atoms with Crippen LogP contribution in [0, 0.1) is 0 Å². The van der Waals surface area contributed by atoms with Gasteiger partial charge in [0.15, 0.2) is 5.82 Å². The van der Waals surface area contributed by atoms with Gasteiger partial charge in [0.25, 0.3) is 5.89 Å². The van der Waals surface area contributed by atoms with Crippen molar-refractivity contribution in [2.45, 2.75) is 38.1 Å². The summed E-state index contributed by atoms with van der Waals surface area (Å²) in [5, 5.41) is 4.07. The molecular formula is C21H23N5O2. The second-order valence-corrected chi connectivity index (χ2v) is 7.01. The van der Waals surface area contributed by atoms with E-state index in [2.05, 4.69) is 27.3 Å². The molecule has 2 aromatic heterocycles. The summed E-state index contributed by atoms with van der Waals surface area (Å²) in [5.74, 6) is 1.60. The number of nitrogens with two attached hydrogens (primary N) is 1. The van der Waals surface area contributed by atoms with Crippen molar-refractivity contribution >= 4 is 11.7 Å². The number of rotatable bonds is 7. The van der Waals surface area contributed by atoms with E-state index in [1.165, 1.54) is 5.56 Å². The first-order valence-corrected chi connectivity index (χ1v) is 9.59. The molecule has 0 saturated carbocycles. The van der Waals surface area contributed by atoms with Gasteiger partial charge in [-0.3, -0.25) is 4.79 Å². The molecule has 1 saturated heterocycles. The number of aryl methyl sites for hydroxylation is 2. The maximum atomic E-state index is 11.6. The summed E-state index contributed by atoms with van der Waals surface area (Å²) >= 11 is 0. The van der Waals surface area contributed by atoms with Gasteiger partial charge in [0.2, 0.25) is 5.91 Å². The van der Waals surface area contributed by atoms with Crippen LogP contribution >= 0.6 is 0 Å². The van der Waals surface area contributed by atoms with Crippen molar-refractivity contribution in [1.29, 1.82) is 0 Å². The zero-order valence-corrected chi connectivity index (χ0v) is 15.6. The Labute approximate surface area is 163 Å². The van der Waals surface area contributed by atoms with E-state index in [0.717, 1.165) is 50.0 Å². The summed E-state index contributed by atoms with van der Waals surface area (Å²) < 4.78 is 5.39. The maximum absolute atomic E-state index is 11.6. The summed E-state index contributed by atoms with van der Waals surface area (Å²) in [7, 11) is 0. The first kappa shape index (κ1) is 18.2. The van der Waals surface area contributed by atoms with E-state index in [9.17, 15) is 4.79 Å². The Kier molecular flexibility index (Phi) is 5.32. The largest absolute Gasteiger partial charge is 0.368 e. The third-order valence-corrected chi connectivity index (χ3v) is 5.05. The molecule has 1 aliphatic heterocycles. The molecule has 0 radical (unpaired) electrons. The van der Waals surface area contributed by atoms with Crippen molar-refractivity contribution in [1.82, 2.24) is 15.1 Å². The summed E-state index contributed by atoms with van der Waals surface area (Å²) in [6, 6.07) is 13.8. The van der Waals surface area contributed by atoms with Gasteiger partial charge in [-0.15, -0.1) is 0 Å². The Balaban J connectivity index is 1.38. The number of anilines is 1. The standard InChI is InChI=1S/C21H23N5O2/c22-20(27)17-9-5-13-26(17)19-12-11-16(14-23-19)21-24-18(25-28-21)10-4-8-15-6-2-1-3-7-15/h1-3,6-7,11-12,14,17H,4-5,8-10,13H2,(H2,22,27)/t17-/m0/s1. The van der Waals surface area contributed by atoms with E-state index in [4.69, 9.17) is 10.3 Å². The molecule has 4 rings (SSSR count). The van der Waals surface area contributed by atoms with Crippen molar-refractivity contribution in [3.63, 3.8) is 0 Å². The maximum Gasteiger partial charge on any atom is 0.259 e. The molecule has 0 bridgehead atoms. The van der Waals surface area contributed by atoms with E-state index >= 15 is 0 Å². The molecule has 1 atom stereocenters. The lowest BCUT2D eigenvalue weighted by molar-refractivity contribution is -0.119. The fraction of sp³-hybridized carbons (Fsp3) is 0.333. The minimum atomic E-state index is -0.305. The lowest BCUT2D eigenvalue weighted by Gasteiger charge is -2.23. The molecule has 7 nitrogen and oxygen atoms in total. The average Bonchev–Trinajstić information content (AvgIpc) is 3.39. The van der Waals surface area contributed by atoms with E-state index < -0.39 is 0 Å². The highest BCUT2D eigenvalue weighted by Gasteiger charge is 2.29. The second-order valence-electron chi connectivity index (χ2n) is 7.01. The fourth-order valence-corrected chi connectivity index (χ4v) is 3.59. The van der Waals surface area contributed by atoms with Gasteiger partial charge >= 0.3 is 0 Å². The quantitative estimate of drug-likeness (QED) is 0.680. The molecular weight excluding hydrogens is 354 g/mol. The van der Waals surface area contributed by atoms with Crippen LogP contribution in [0.2, 0.25) is 0 Å². The molecule has 1 amide bonds. The van der Waals surface area contributed by atoms with Crippen molar-refractivity contribution < 1.29 is 9.32 Å². The Hall–Kier alpha value is -3.22. The first-order chi connectivity index (χ1) is 13.7. The highest BCUT2D eigenvalue weighted by molar-refractivity contribution is 5.84. The van der Waals surface area contributed by atoms with Crippen LogP contribution in [0.3, 0.4) is 0 Å². The molecule has 144 valence electrons. The van der Waals surface area contributed by atoms with Gasteiger partial charge in [-0.1, -0.05) is 35.5 Å². The van der Waals surface area contributed by atoms with Gasteiger partial charge in [-0.25, -0.2) is 4.98 Å². The molecule has 3 heterocycles. The third-order valence-electron chi connectivity index (χ3n) is 5.05. The monoisotopic (exact) mass is 377 g/mol. The van der Waals surface area contributed by atoms with Gasteiger partial charge in [0.1, 0.15) is 11.9 Å². The Morgan fingerprint density at radius 2 is 2.04 bits per heavy atom. The number of benzene rings is 1. The van der Waals surface area contributed by atoms with Gasteiger partial charge in [-0.2, -0.15) is 4.98 Å². The molecule has 2 N–H and O–H groups in total. The van der Waals surface area contributed by atoms with Crippen LogP contribution in [0.5, 0.6) is 0 Å². The van der Waals surface area contributed by atoms with Crippen molar-refractivity contribution in [3.05, 3.63) is 60.0 Å². The number of hydrogen-bond donors (Lipinski definition) is 1. The number of primary amides is 1. The molecule has 1 fully saturated rings. The normalized spacial score (nSPS) is 16.4. The van der Waals surface area contributed by atoms with E-state index in [1.807, 2.05) is 35.2 Å². The fourth-order valence-electron chi connectivity index (χ4n) is 3.59. The van der Waals surface area contributed by atoms with Crippen LogP contribution in [-0.2, 0) is 17.6 Å². The predicted molar refractivity (Wildman–Crippen MR) is 106 cm³/mol. The minimum Gasteiger partial charge on any atom is -0.368 e. The van der Waals surface area contributed by atoms with E-state index in [0.29, 0.717) is 11.7 Å². The van der Waals surface area contributed by atoms with E-state index in [-0.39, 0.29) is 11.9 Å². The summed E-state index contributed by atoms with van der Waals surface area (Å²) in [6.45, 7) is 0.784. The summed E-state index contributed by atoms with van der Waals surface area (Å²) in [5.41, 5.74) is 7.56. The number of amides is 1. The Morgan fingerprint density at radius 3 is 2.79 bits per heavy atom. The number of pyridine rings is 1. The van der Waals surface area contributed by atoms with Gasteiger partial charge in [0.05, 0.1) is 5.56 Å². The molecule has 28 heavy (non-hydrogen) atoms. The number of carbonyl (C=O) groups is 1. The first-order valence-electron chi connectivity index (χ1n) is 9.59. The lowest BCUT2D eigenvalue weighted by Crippen LogP contribution is -2.40. The predicted octanol–water partition coefficient (Wildman–Crippen LogP) is 2.76. The minimum absolute atomic E-state index is 0.280. The zero-order chi connectivity index (χ0) is 19.3. The van der Waals surface area contributed by atoms with Crippen molar-refractivity contribution in [2.75, 3.05) is 11.4 Å². The molecule has 0 aliphatic carbocycles. The van der Waals surface area contributed by atoms with Gasteiger partial charge in [0, 0.05) is 19.2 Å². The van der Waals surface area contributed by atoms with Crippen LogP contribution in [0.4, 0.5) is 5.82 Å². The molecule has 0 spiro atoms. The van der Waals surface area contributed by atoms with Gasteiger partial charge in [-0.05, 0) is 43.4 Å². The van der Waals surface area contributed by atoms with Crippen molar-refractivity contribution in [3.8, 4) is 11.5 Å². The van der Waals surface area contributed by atoms with E-state index in [1.54, 1.807) is 6.20 Å². The topological polar surface area (TPSA) is 98.1 Å². The molecule has 1 aromatic carbocycles. The van der Waals surface area contributed by atoms with Crippen LogP contribution in [0.15, 0.2) is 53.2 Å². The van der Waals surface area contributed by atoms with Crippen LogP contribution in [-0.4, -0.2) is 33.6 Å². The lowest BCUT2D eigenvalue weighted by atomic mass is 10.1. The SMILES string of the molecule is NC(=O)[C@@H]1CCCN1c1ccc(-c2nc(CCCc3ccccc3)no2)cn1. The number of aromatic nitrogens is 3. The number of carbonyl (C=O) groups excluding carboxylic acids is 1. The number of hydrogen-bond acceptors (Lipinski definition) is 6. The van der Waals surface area contributed by atoms with Crippen molar-refractivity contribution in [2.24, 2.45) is 5.73 Å². The Bertz CT molecular complexity index is 923. The zero-order valence-electron chi connectivity index (χ0n) is 15.6. The second kappa shape index (κ2) is 8.21. The number of nitrogens with zero attached hydrogens (tertiary/aromatic N) is 4. The molecule has 3 aromatic rings. The third kappa shape index (κ3) is 4.03. The van der Waals surface area contributed by atoms with Gasteiger partial charge < -0.3 is 15.2 Å². The van der Waals surface area contributed by atoms with Crippen LogP contribution in [0.25, 0.3) is 11.5 Å². The van der Waals surface area contributed by atoms with Crippen LogP contribution < -0.4 is 10.6 Å². The summed E-state index contributed by atoms with van der Waals surface area (Å²) in [6.07, 6.45) is 6.12. The highest BCUT2D eigenvalue weighted by Crippen LogP contribution is 2.25. The van der Waals surface area contributed by atoms with Crippen LogP contribution in [0.1, 0.15) is 30.7 Å². The molecule has 7 heteroatoms. The average molecular weight is 377 g/mol. The molecule has 0 unspecified atom stereocenters. The Morgan fingerprint density at radius 1 is 1.18 bits per heavy atom. The summed E-state index contributed by atoms with van der Waals surface area (Å²) in [4.78, 5) is 22.5. The molecule has 1 aliphatic rings. The highest BCUT2D eigenvalue weighted by atomic mass is 16.5.